The van der Waals surface area contributed by atoms with Crippen LogP contribution in [0.25, 0.3) is 0 Å². The molecule has 0 saturated carbocycles. The molecule has 1 aliphatic rings. The maximum absolute atomic E-state index is 13.4. The maximum atomic E-state index is 13.4. The Hall–Kier alpha value is -0.930. The second-order valence-electron chi connectivity index (χ2n) is 13.5. The first-order chi connectivity index (χ1) is 22.0. The van der Waals surface area contributed by atoms with Crippen molar-refractivity contribution >= 4 is 7.60 Å². The lowest BCUT2D eigenvalue weighted by molar-refractivity contribution is 0.133. The van der Waals surface area contributed by atoms with E-state index in [-0.39, 0.29) is 12.2 Å². The number of hydrogen-bond donors (Lipinski definition) is 0. The van der Waals surface area contributed by atoms with Gasteiger partial charge in [0.05, 0.1) is 18.4 Å². The lowest BCUT2D eigenvalue weighted by atomic mass is 9.99. The molecule has 262 valence electrons. The molecule has 0 radical (unpaired) electrons. The Morgan fingerprint density at radius 2 is 0.867 bits per heavy atom. The number of unbranched alkanes of at least 4 members (excludes halogenated alkanes) is 16. The summed E-state index contributed by atoms with van der Waals surface area (Å²) in [6, 6.07) is 0. The Morgan fingerprint density at radius 1 is 0.511 bits per heavy atom. The second-order valence-corrected chi connectivity index (χ2v) is 15.6. The highest BCUT2D eigenvalue weighted by molar-refractivity contribution is 7.54. The van der Waals surface area contributed by atoms with Crippen LogP contribution in [0.5, 0.6) is 0 Å². The zero-order valence-corrected chi connectivity index (χ0v) is 31.2. The van der Waals surface area contributed by atoms with Gasteiger partial charge in [0.1, 0.15) is 0 Å². The van der Waals surface area contributed by atoms with Crippen LogP contribution in [0.3, 0.4) is 0 Å². The molecule has 5 heteroatoms. The van der Waals surface area contributed by atoms with Gasteiger partial charge < -0.3 is 13.9 Å². The van der Waals surface area contributed by atoms with Crippen molar-refractivity contribution in [2.24, 2.45) is 0 Å². The van der Waals surface area contributed by atoms with Crippen LogP contribution in [0.2, 0.25) is 0 Å². The SMILES string of the molecule is CCCCC/C=C\C/C=C\CCCCCCCC1OP(=O)(CCN(C)C)OC1CCCCCCC/C=C\C/C=C\CCCCC. The van der Waals surface area contributed by atoms with E-state index in [1.807, 2.05) is 14.1 Å². The molecular formula is C40H74NO3P. The lowest BCUT2D eigenvalue weighted by Crippen LogP contribution is -2.22. The van der Waals surface area contributed by atoms with Gasteiger partial charge in [0.2, 0.25) is 0 Å². The smallest absolute Gasteiger partial charge is 0.309 e. The first-order valence-corrected chi connectivity index (χ1v) is 20.9. The average Bonchev–Trinajstić information content (AvgIpc) is 3.35. The van der Waals surface area contributed by atoms with Crippen molar-refractivity contribution in [2.45, 2.75) is 180 Å². The Balaban J connectivity index is 2.20. The van der Waals surface area contributed by atoms with Crippen LogP contribution in [0, 0.1) is 0 Å². The van der Waals surface area contributed by atoms with Crippen molar-refractivity contribution in [2.75, 3.05) is 26.8 Å². The predicted molar refractivity (Wildman–Crippen MR) is 199 cm³/mol. The molecule has 4 nitrogen and oxygen atoms in total. The van der Waals surface area contributed by atoms with Gasteiger partial charge in [0.15, 0.2) is 0 Å². The summed E-state index contributed by atoms with van der Waals surface area (Å²) in [5, 5.41) is 0. The fourth-order valence-corrected chi connectivity index (χ4v) is 8.01. The van der Waals surface area contributed by atoms with Gasteiger partial charge in [-0.2, -0.15) is 0 Å². The molecule has 2 unspecified atom stereocenters. The van der Waals surface area contributed by atoms with Gasteiger partial charge in [0, 0.05) is 6.54 Å². The fraction of sp³-hybridized carbons (Fsp3) is 0.800. The van der Waals surface area contributed by atoms with Crippen molar-refractivity contribution in [1.82, 2.24) is 4.90 Å². The molecule has 0 aromatic heterocycles. The Kier molecular flexibility index (Phi) is 28.4. The normalized spacial score (nSPS) is 20.8. The number of rotatable bonds is 31. The van der Waals surface area contributed by atoms with Gasteiger partial charge in [-0.15, -0.1) is 0 Å². The third kappa shape index (κ3) is 25.8. The molecule has 0 aliphatic carbocycles. The van der Waals surface area contributed by atoms with Crippen molar-refractivity contribution in [3.05, 3.63) is 48.6 Å². The van der Waals surface area contributed by atoms with E-state index >= 15 is 0 Å². The molecule has 1 rings (SSSR count). The van der Waals surface area contributed by atoms with Crippen LogP contribution in [-0.4, -0.2) is 43.9 Å². The highest BCUT2D eigenvalue weighted by Gasteiger charge is 2.43. The summed E-state index contributed by atoms with van der Waals surface area (Å²) in [5.41, 5.74) is 0. The summed E-state index contributed by atoms with van der Waals surface area (Å²) >= 11 is 0. The molecule has 0 aromatic rings. The van der Waals surface area contributed by atoms with Gasteiger partial charge in [0.25, 0.3) is 0 Å². The van der Waals surface area contributed by atoms with Crippen LogP contribution in [-0.2, 0) is 13.6 Å². The quantitative estimate of drug-likeness (QED) is 0.0426. The van der Waals surface area contributed by atoms with E-state index in [0.29, 0.717) is 6.16 Å². The van der Waals surface area contributed by atoms with Crippen LogP contribution < -0.4 is 0 Å². The molecule has 1 heterocycles. The van der Waals surface area contributed by atoms with Crippen LogP contribution in [0.4, 0.5) is 0 Å². The summed E-state index contributed by atoms with van der Waals surface area (Å²) in [7, 11) is 1.05. The Labute approximate surface area is 281 Å². The minimum Gasteiger partial charge on any atom is -0.309 e. The third-order valence-corrected chi connectivity index (χ3v) is 10.6. The summed E-state index contributed by atoms with van der Waals surface area (Å²) < 4.78 is 25.7. The lowest BCUT2D eigenvalue weighted by Gasteiger charge is -2.15. The van der Waals surface area contributed by atoms with E-state index < -0.39 is 7.60 Å². The average molecular weight is 648 g/mol. The van der Waals surface area contributed by atoms with E-state index in [1.54, 1.807) is 0 Å². The molecule has 45 heavy (non-hydrogen) atoms. The van der Waals surface area contributed by atoms with Gasteiger partial charge >= 0.3 is 7.60 Å². The first-order valence-electron chi connectivity index (χ1n) is 19.2. The number of nitrogens with zero attached hydrogens (tertiary/aromatic N) is 1. The zero-order chi connectivity index (χ0) is 32.7. The molecule has 2 atom stereocenters. The van der Waals surface area contributed by atoms with Gasteiger partial charge in [-0.25, -0.2) is 0 Å². The molecular weight excluding hydrogens is 573 g/mol. The second kappa shape index (κ2) is 30.4. The van der Waals surface area contributed by atoms with E-state index in [4.69, 9.17) is 9.05 Å². The number of allylic oxidation sites excluding steroid dienone is 8. The van der Waals surface area contributed by atoms with Crippen molar-refractivity contribution in [3.8, 4) is 0 Å². The largest absolute Gasteiger partial charge is 0.332 e. The summed E-state index contributed by atoms with van der Waals surface area (Å²) in [6.07, 6.45) is 48.4. The third-order valence-electron chi connectivity index (χ3n) is 8.71. The van der Waals surface area contributed by atoms with Crippen molar-refractivity contribution < 1.29 is 13.6 Å². The fourth-order valence-electron chi connectivity index (χ4n) is 5.79. The summed E-state index contributed by atoms with van der Waals surface area (Å²) in [4.78, 5) is 2.07. The van der Waals surface area contributed by atoms with E-state index in [2.05, 4.69) is 67.4 Å². The van der Waals surface area contributed by atoms with E-state index in [1.165, 1.54) is 116 Å². The zero-order valence-electron chi connectivity index (χ0n) is 30.3. The van der Waals surface area contributed by atoms with Gasteiger partial charge in [-0.1, -0.05) is 140 Å². The van der Waals surface area contributed by atoms with Crippen LogP contribution in [0.15, 0.2) is 48.6 Å². The highest BCUT2D eigenvalue weighted by atomic mass is 31.2. The van der Waals surface area contributed by atoms with Crippen molar-refractivity contribution in [3.63, 3.8) is 0 Å². The Morgan fingerprint density at radius 3 is 1.24 bits per heavy atom. The molecule has 0 aromatic carbocycles. The van der Waals surface area contributed by atoms with E-state index in [9.17, 15) is 4.57 Å². The maximum Gasteiger partial charge on any atom is 0.332 e. The molecule has 0 spiro atoms. The number of hydrogen-bond acceptors (Lipinski definition) is 4. The predicted octanol–water partition coefficient (Wildman–Crippen LogP) is 13.2. The molecule has 0 amide bonds. The molecule has 1 aliphatic heterocycles. The molecule has 1 saturated heterocycles. The van der Waals surface area contributed by atoms with Gasteiger partial charge in [-0.3, -0.25) is 4.57 Å². The van der Waals surface area contributed by atoms with Crippen LogP contribution >= 0.6 is 7.60 Å². The molecule has 0 N–H and O–H groups in total. The van der Waals surface area contributed by atoms with Gasteiger partial charge in [-0.05, 0) is 91.1 Å². The minimum atomic E-state index is -2.98. The monoisotopic (exact) mass is 648 g/mol. The molecule has 1 fully saturated rings. The topological polar surface area (TPSA) is 38.8 Å². The standard InChI is InChI=1S/C40H74NO3P/c1-5-7-9-11-13-15-17-19-21-23-25-27-29-31-33-35-39-40(44-45(42,43-39)38-37-41(3)4)36-34-32-30-28-26-24-22-20-18-16-14-12-10-8-6-2/h13-16,19-22,39-40H,5-12,17-18,23-38H2,1-4H3/b15-13-,16-14-,21-19-,22-20-. The minimum absolute atomic E-state index is 0.00166. The van der Waals surface area contributed by atoms with Crippen molar-refractivity contribution in [1.29, 1.82) is 0 Å². The highest BCUT2D eigenvalue weighted by Crippen LogP contribution is 2.57. The van der Waals surface area contributed by atoms with E-state index in [0.717, 1.165) is 45.1 Å². The van der Waals surface area contributed by atoms with Crippen LogP contribution in [0.1, 0.15) is 168 Å². The summed E-state index contributed by atoms with van der Waals surface area (Å²) in [6.45, 7) is 5.26. The first kappa shape index (κ1) is 42.1. The summed E-state index contributed by atoms with van der Waals surface area (Å²) in [5.74, 6) is 0. The molecule has 0 bridgehead atoms. The Bertz CT molecular complexity index is 760.